The zero-order chi connectivity index (χ0) is 18.1. The Morgan fingerprint density at radius 2 is 1.71 bits per heavy atom. The van der Waals surface area contributed by atoms with Gasteiger partial charge in [0.25, 0.3) is 0 Å². The van der Waals surface area contributed by atoms with Crippen molar-refractivity contribution < 1.29 is 19.4 Å². The average Bonchev–Trinajstić information content (AvgIpc) is 2.53. The Labute approximate surface area is 144 Å². The van der Waals surface area contributed by atoms with Crippen LogP contribution in [0.4, 0.5) is 10.5 Å². The van der Waals surface area contributed by atoms with Crippen molar-refractivity contribution in [1.29, 1.82) is 0 Å². The molecule has 24 heavy (non-hydrogen) atoms. The summed E-state index contributed by atoms with van der Waals surface area (Å²) < 4.78 is 10.4. The minimum Gasteiger partial charge on any atom is -0.491 e. The maximum absolute atomic E-state index is 12.4. The molecule has 0 aliphatic rings. The molecule has 0 saturated carbocycles. The largest absolute Gasteiger partial charge is 0.491 e. The van der Waals surface area contributed by atoms with Crippen molar-refractivity contribution in [2.75, 3.05) is 66.5 Å². The van der Waals surface area contributed by atoms with Crippen molar-refractivity contribution in [3.63, 3.8) is 0 Å². The second kappa shape index (κ2) is 10.1. The first-order valence-corrected chi connectivity index (χ1v) is 7.88. The lowest BCUT2D eigenvalue weighted by atomic mass is 10.3. The number of benzene rings is 1. The quantitative estimate of drug-likeness (QED) is 0.683. The Morgan fingerprint density at radius 3 is 2.25 bits per heavy atom. The number of likely N-dealkylation sites (N-methyl/N-ethyl adjacent to an activating group) is 2. The lowest BCUT2D eigenvalue weighted by Crippen LogP contribution is -2.44. The average molecular weight is 339 g/mol. The third kappa shape index (κ3) is 6.74. The van der Waals surface area contributed by atoms with Crippen LogP contribution in [0, 0.1) is 0 Å². The number of ether oxygens (including phenoxy) is 2. The first kappa shape index (κ1) is 20.2. The number of hydrogen-bond acceptors (Lipinski definition) is 5. The Hall–Kier alpha value is -1.83. The number of hydrogen-bond donors (Lipinski definition) is 1. The van der Waals surface area contributed by atoms with E-state index in [9.17, 15) is 9.90 Å². The van der Waals surface area contributed by atoms with Gasteiger partial charge in [-0.05, 0) is 38.4 Å². The predicted molar refractivity (Wildman–Crippen MR) is 94.8 cm³/mol. The van der Waals surface area contributed by atoms with Crippen molar-refractivity contribution in [2.45, 2.75) is 6.10 Å². The second-order valence-corrected chi connectivity index (χ2v) is 5.97. The van der Waals surface area contributed by atoms with Gasteiger partial charge in [0.1, 0.15) is 12.4 Å². The number of aliphatic hydroxyl groups excluding tert-OH is 1. The number of carbonyl (C=O) groups is 1. The fraction of sp³-hybridized carbons (Fsp3) is 0.588. The number of carbonyl (C=O) groups excluding carboxylic acids is 1. The van der Waals surface area contributed by atoms with E-state index in [1.807, 2.05) is 43.3 Å². The van der Waals surface area contributed by atoms with Crippen LogP contribution in [0.15, 0.2) is 24.3 Å². The number of nitrogens with zero attached hydrogens (tertiary/aromatic N) is 3. The summed E-state index contributed by atoms with van der Waals surface area (Å²) in [5.74, 6) is 0.728. The van der Waals surface area contributed by atoms with Crippen molar-refractivity contribution in [1.82, 2.24) is 9.80 Å². The van der Waals surface area contributed by atoms with Crippen molar-refractivity contribution in [3.8, 4) is 5.75 Å². The van der Waals surface area contributed by atoms with Gasteiger partial charge < -0.3 is 24.4 Å². The van der Waals surface area contributed by atoms with Crippen LogP contribution < -0.4 is 9.64 Å². The van der Waals surface area contributed by atoms with Crippen LogP contribution in [0.5, 0.6) is 5.75 Å². The van der Waals surface area contributed by atoms with Crippen molar-refractivity contribution in [2.24, 2.45) is 0 Å². The molecule has 1 rings (SSSR count). The van der Waals surface area contributed by atoms with Crippen LogP contribution >= 0.6 is 0 Å². The van der Waals surface area contributed by atoms with Gasteiger partial charge in [-0.25, -0.2) is 4.79 Å². The Kier molecular flexibility index (Phi) is 8.53. The molecule has 0 radical (unpaired) electrons. The number of methoxy groups -OCH3 is 1. The molecule has 0 heterocycles. The van der Waals surface area contributed by atoms with E-state index in [2.05, 4.69) is 0 Å². The zero-order valence-electron chi connectivity index (χ0n) is 15.2. The molecular weight excluding hydrogens is 310 g/mol. The lowest BCUT2D eigenvalue weighted by Gasteiger charge is -2.27. The number of urea groups is 1. The van der Waals surface area contributed by atoms with E-state index in [0.29, 0.717) is 19.8 Å². The summed E-state index contributed by atoms with van der Waals surface area (Å²) in [5, 5.41) is 9.95. The second-order valence-electron chi connectivity index (χ2n) is 5.97. The highest BCUT2D eigenvalue weighted by Gasteiger charge is 2.18. The highest BCUT2D eigenvalue weighted by molar-refractivity contribution is 5.91. The summed E-state index contributed by atoms with van der Waals surface area (Å²) in [5.41, 5.74) is 0.757. The summed E-state index contributed by atoms with van der Waals surface area (Å²) in [7, 11) is 8.78. The molecule has 0 aromatic heterocycles. The van der Waals surface area contributed by atoms with Gasteiger partial charge >= 0.3 is 6.03 Å². The SMILES string of the molecule is COCCOc1ccc(N(C)C(=O)N(C)CC(O)CN(C)C)cc1. The molecule has 1 aromatic rings. The van der Waals surface area contributed by atoms with Crippen LogP contribution in [0.3, 0.4) is 0 Å². The van der Waals surface area contributed by atoms with E-state index >= 15 is 0 Å². The molecule has 0 aliphatic carbocycles. The number of rotatable bonds is 9. The van der Waals surface area contributed by atoms with E-state index in [-0.39, 0.29) is 12.6 Å². The van der Waals surface area contributed by atoms with Gasteiger partial charge in [-0.3, -0.25) is 4.90 Å². The number of anilines is 1. The van der Waals surface area contributed by atoms with Crippen LogP contribution in [0.25, 0.3) is 0 Å². The lowest BCUT2D eigenvalue weighted by molar-refractivity contribution is 0.107. The Morgan fingerprint density at radius 1 is 1.08 bits per heavy atom. The van der Waals surface area contributed by atoms with Gasteiger partial charge in [0, 0.05) is 40.0 Å². The summed E-state index contributed by atoms with van der Waals surface area (Å²) in [6, 6.07) is 7.10. The third-order valence-electron chi connectivity index (χ3n) is 3.45. The van der Waals surface area contributed by atoms with Crippen LogP contribution in [-0.2, 0) is 4.74 Å². The van der Waals surface area contributed by atoms with Gasteiger partial charge in [-0.15, -0.1) is 0 Å². The standard InChI is InChI=1S/C17H29N3O4/c1-18(2)12-15(21)13-19(3)17(22)20(4)14-6-8-16(9-7-14)24-11-10-23-5/h6-9,15,21H,10-13H2,1-5H3. The third-order valence-corrected chi connectivity index (χ3v) is 3.45. The highest BCUT2D eigenvalue weighted by atomic mass is 16.5. The molecular formula is C17H29N3O4. The fourth-order valence-electron chi connectivity index (χ4n) is 2.25. The van der Waals surface area contributed by atoms with E-state index in [1.54, 1.807) is 26.1 Å². The van der Waals surface area contributed by atoms with Gasteiger partial charge in [0.2, 0.25) is 0 Å². The number of aliphatic hydroxyl groups is 1. The molecule has 0 fully saturated rings. The molecule has 0 aliphatic heterocycles. The molecule has 0 bridgehead atoms. The van der Waals surface area contributed by atoms with Gasteiger partial charge in [-0.2, -0.15) is 0 Å². The highest BCUT2D eigenvalue weighted by Crippen LogP contribution is 2.19. The Balaban J connectivity index is 2.58. The van der Waals surface area contributed by atoms with Crippen molar-refractivity contribution in [3.05, 3.63) is 24.3 Å². The molecule has 7 nitrogen and oxygen atoms in total. The molecule has 1 N–H and O–H groups in total. The summed E-state index contributed by atoms with van der Waals surface area (Å²) >= 11 is 0. The van der Waals surface area contributed by atoms with Gasteiger partial charge in [-0.1, -0.05) is 0 Å². The summed E-state index contributed by atoms with van der Waals surface area (Å²) in [6.45, 7) is 1.80. The first-order chi connectivity index (χ1) is 11.3. The monoisotopic (exact) mass is 339 g/mol. The predicted octanol–water partition coefficient (Wildman–Crippen LogP) is 1.12. The molecule has 1 aromatic carbocycles. The first-order valence-electron chi connectivity index (χ1n) is 7.88. The summed E-state index contributed by atoms with van der Waals surface area (Å²) in [6.07, 6.45) is -0.584. The molecule has 1 unspecified atom stereocenters. The van der Waals surface area contributed by atoms with Crippen LogP contribution in [-0.4, -0.2) is 88.6 Å². The van der Waals surface area contributed by atoms with E-state index in [0.717, 1.165) is 11.4 Å². The molecule has 0 spiro atoms. The molecule has 7 heteroatoms. The number of amides is 2. The maximum atomic E-state index is 12.4. The van der Waals surface area contributed by atoms with Crippen LogP contribution in [0.1, 0.15) is 0 Å². The zero-order valence-corrected chi connectivity index (χ0v) is 15.2. The topological polar surface area (TPSA) is 65.5 Å². The Bertz CT molecular complexity index is 493. The summed E-state index contributed by atoms with van der Waals surface area (Å²) in [4.78, 5) is 17.4. The van der Waals surface area contributed by atoms with Crippen molar-refractivity contribution >= 4 is 11.7 Å². The van der Waals surface area contributed by atoms with E-state index in [1.165, 1.54) is 4.90 Å². The minimum absolute atomic E-state index is 0.180. The van der Waals surface area contributed by atoms with Crippen LogP contribution in [0.2, 0.25) is 0 Å². The van der Waals surface area contributed by atoms with E-state index < -0.39 is 6.10 Å². The molecule has 1 atom stereocenters. The molecule has 0 saturated heterocycles. The van der Waals surface area contributed by atoms with E-state index in [4.69, 9.17) is 9.47 Å². The smallest absolute Gasteiger partial charge is 0.324 e. The maximum Gasteiger partial charge on any atom is 0.324 e. The fourth-order valence-corrected chi connectivity index (χ4v) is 2.25. The molecule has 136 valence electrons. The van der Waals surface area contributed by atoms with Gasteiger partial charge in [0.15, 0.2) is 0 Å². The molecule has 2 amide bonds. The minimum atomic E-state index is -0.584. The van der Waals surface area contributed by atoms with Gasteiger partial charge in [0.05, 0.1) is 12.7 Å². The normalized spacial score (nSPS) is 12.1.